The van der Waals surface area contributed by atoms with E-state index in [0.29, 0.717) is 35.2 Å². The van der Waals surface area contributed by atoms with Gasteiger partial charge in [-0.05, 0) is 36.8 Å². The Morgan fingerprint density at radius 2 is 1.97 bits per heavy atom. The Bertz CT molecular complexity index is 1030. The molecular formula is C21H19F3N2O3S. The molecule has 0 atom stereocenters. The zero-order valence-electron chi connectivity index (χ0n) is 16.2. The molecule has 158 valence electrons. The Balaban J connectivity index is 1.78. The van der Waals surface area contributed by atoms with Crippen molar-refractivity contribution in [3.05, 3.63) is 64.7 Å². The topological polar surface area (TPSA) is 60.5 Å². The molecule has 30 heavy (non-hydrogen) atoms. The van der Waals surface area contributed by atoms with Crippen molar-refractivity contribution in [3.8, 4) is 16.3 Å². The summed E-state index contributed by atoms with van der Waals surface area (Å²) >= 11 is 1.10. The second kappa shape index (κ2) is 9.27. The number of hydrogen-bond acceptors (Lipinski definition) is 5. The van der Waals surface area contributed by atoms with Gasteiger partial charge in [0.1, 0.15) is 23.1 Å². The maximum absolute atomic E-state index is 12.9. The molecule has 1 heterocycles. The molecule has 0 saturated carbocycles. The largest absolute Gasteiger partial charge is 0.489 e. The lowest BCUT2D eigenvalue weighted by molar-refractivity contribution is -0.137. The first kappa shape index (κ1) is 21.8. The molecule has 3 aromatic rings. The van der Waals surface area contributed by atoms with Crippen molar-refractivity contribution in [2.24, 2.45) is 0 Å². The maximum Gasteiger partial charge on any atom is 0.416 e. The van der Waals surface area contributed by atoms with Crippen molar-refractivity contribution in [3.63, 3.8) is 0 Å². The summed E-state index contributed by atoms with van der Waals surface area (Å²) in [5.74, 6) is 0.0126. The van der Waals surface area contributed by atoms with Crippen LogP contribution in [0.1, 0.15) is 21.6 Å². The molecule has 1 amide bonds. The summed E-state index contributed by atoms with van der Waals surface area (Å²) in [6.07, 6.45) is -4.45. The fraction of sp³-hybridized carbons (Fsp3) is 0.238. The molecule has 9 heteroatoms. The summed E-state index contributed by atoms with van der Waals surface area (Å²) in [4.78, 5) is 16.8. The number of ether oxygens (including phenoxy) is 2. The van der Waals surface area contributed by atoms with Gasteiger partial charge in [0, 0.05) is 18.1 Å². The van der Waals surface area contributed by atoms with Crippen LogP contribution in [-0.4, -0.2) is 31.2 Å². The quantitative estimate of drug-likeness (QED) is 0.503. The highest BCUT2D eigenvalue weighted by atomic mass is 32.1. The van der Waals surface area contributed by atoms with E-state index in [-0.39, 0.29) is 5.69 Å². The number of methoxy groups -OCH3 is 1. The van der Waals surface area contributed by atoms with E-state index in [1.165, 1.54) is 17.5 Å². The second-order valence-corrected chi connectivity index (χ2v) is 7.27. The molecule has 1 N–H and O–H groups in total. The standard InChI is InChI=1S/C21H19F3N2O3S/c1-13-6-7-16(18(10-13)29-9-8-28-2)25-19(27)17-12-30-20(26-17)14-4-3-5-15(11-14)21(22,23)24/h3-7,10-12H,8-9H2,1-2H3,(H,25,27). The number of carbonyl (C=O) groups is 1. The van der Waals surface area contributed by atoms with Crippen LogP contribution in [0.2, 0.25) is 0 Å². The first-order valence-electron chi connectivity index (χ1n) is 8.95. The van der Waals surface area contributed by atoms with E-state index in [0.717, 1.165) is 29.0 Å². The second-order valence-electron chi connectivity index (χ2n) is 6.41. The Labute approximate surface area is 175 Å². The molecule has 0 spiro atoms. The van der Waals surface area contributed by atoms with Crippen LogP contribution in [0.5, 0.6) is 5.75 Å². The summed E-state index contributed by atoms with van der Waals surface area (Å²) in [5, 5.41) is 4.57. The number of aryl methyl sites for hydroxylation is 1. The molecule has 0 bridgehead atoms. The van der Waals surface area contributed by atoms with Gasteiger partial charge in [-0.1, -0.05) is 18.2 Å². The Morgan fingerprint density at radius 3 is 2.70 bits per heavy atom. The number of amides is 1. The van der Waals surface area contributed by atoms with Gasteiger partial charge in [0.2, 0.25) is 0 Å². The van der Waals surface area contributed by atoms with E-state index in [2.05, 4.69) is 10.3 Å². The first-order valence-corrected chi connectivity index (χ1v) is 9.83. The molecule has 1 aromatic heterocycles. The fourth-order valence-corrected chi connectivity index (χ4v) is 3.41. The third kappa shape index (κ3) is 5.37. The van der Waals surface area contributed by atoms with Crippen molar-refractivity contribution in [1.82, 2.24) is 4.98 Å². The summed E-state index contributed by atoms with van der Waals surface area (Å²) in [6, 6.07) is 10.2. The van der Waals surface area contributed by atoms with Crippen LogP contribution < -0.4 is 10.1 Å². The molecule has 2 aromatic carbocycles. The predicted molar refractivity (Wildman–Crippen MR) is 109 cm³/mol. The minimum Gasteiger partial charge on any atom is -0.489 e. The normalized spacial score (nSPS) is 11.4. The number of aromatic nitrogens is 1. The number of rotatable bonds is 7. The van der Waals surface area contributed by atoms with Crippen molar-refractivity contribution in [2.75, 3.05) is 25.6 Å². The number of nitrogens with zero attached hydrogens (tertiary/aromatic N) is 1. The van der Waals surface area contributed by atoms with Crippen LogP contribution in [0.15, 0.2) is 47.8 Å². The van der Waals surface area contributed by atoms with Crippen LogP contribution in [0.3, 0.4) is 0 Å². The number of nitrogens with one attached hydrogen (secondary N) is 1. The van der Waals surface area contributed by atoms with Crippen molar-refractivity contribution >= 4 is 22.9 Å². The number of hydrogen-bond donors (Lipinski definition) is 1. The maximum atomic E-state index is 12.9. The molecule has 0 saturated heterocycles. The van der Waals surface area contributed by atoms with Gasteiger partial charge >= 0.3 is 6.18 Å². The SMILES string of the molecule is COCCOc1cc(C)ccc1NC(=O)c1csc(-c2cccc(C(F)(F)F)c2)n1. The van der Waals surface area contributed by atoms with E-state index in [9.17, 15) is 18.0 Å². The minimum absolute atomic E-state index is 0.107. The van der Waals surface area contributed by atoms with Gasteiger partial charge in [0.15, 0.2) is 0 Å². The number of halogens is 3. The van der Waals surface area contributed by atoms with Crippen LogP contribution in [0.25, 0.3) is 10.6 Å². The van der Waals surface area contributed by atoms with Crippen molar-refractivity contribution in [2.45, 2.75) is 13.1 Å². The van der Waals surface area contributed by atoms with Crippen LogP contribution in [0.4, 0.5) is 18.9 Å². The van der Waals surface area contributed by atoms with Crippen LogP contribution in [0, 0.1) is 6.92 Å². The van der Waals surface area contributed by atoms with Crippen molar-refractivity contribution < 1.29 is 27.4 Å². The zero-order valence-corrected chi connectivity index (χ0v) is 17.1. The average Bonchev–Trinajstić information content (AvgIpc) is 3.20. The highest BCUT2D eigenvalue weighted by Gasteiger charge is 2.30. The van der Waals surface area contributed by atoms with Gasteiger partial charge in [-0.25, -0.2) is 4.98 Å². The lowest BCUT2D eigenvalue weighted by Gasteiger charge is -2.12. The smallest absolute Gasteiger partial charge is 0.416 e. The van der Waals surface area contributed by atoms with Gasteiger partial charge < -0.3 is 14.8 Å². The highest BCUT2D eigenvalue weighted by molar-refractivity contribution is 7.13. The molecular weight excluding hydrogens is 417 g/mol. The molecule has 0 radical (unpaired) electrons. The van der Waals surface area contributed by atoms with Gasteiger partial charge in [0.05, 0.1) is 17.9 Å². The van der Waals surface area contributed by atoms with E-state index in [1.54, 1.807) is 19.2 Å². The third-order valence-electron chi connectivity index (χ3n) is 4.10. The monoisotopic (exact) mass is 436 g/mol. The lowest BCUT2D eigenvalue weighted by Crippen LogP contribution is -2.14. The van der Waals surface area contributed by atoms with Gasteiger partial charge in [0.25, 0.3) is 5.91 Å². The summed E-state index contributed by atoms with van der Waals surface area (Å²) < 4.78 is 49.4. The predicted octanol–water partition coefficient (Wildman–Crippen LogP) is 5.41. The van der Waals surface area contributed by atoms with Gasteiger partial charge in [-0.2, -0.15) is 13.2 Å². The number of benzene rings is 2. The molecule has 0 aliphatic rings. The molecule has 0 aliphatic heterocycles. The van der Waals surface area contributed by atoms with Crippen molar-refractivity contribution in [1.29, 1.82) is 0 Å². The number of anilines is 1. The average molecular weight is 436 g/mol. The Morgan fingerprint density at radius 1 is 1.17 bits per heavy atom. The molecule has 3 rings (SSSR count). The molecule has 0 fully saturated rings. The summed E-state index contributed by atoms with van der Waals surface area (Å²) in [5.41, 5.74) is 1.07. The summed E-state index contributed by atoms with van der Waals surface area (Å²) in [6.45, 7) is 2.61. The number of carbonyl (C=O) groups excluding carboxylic acids is 1. The Kier molecular flexibility index (Phi) is 6.73. The Hall–Kier alpha value is -2.91. The summed E-state index contributed by atoms with van der Waals surface area (Å²) in [7, 11) is 1.56. The number of alkyl halides is 3. The highest BCUT2D eigenvalue weighted by Crippen LogP contribution is 2.33. The minimum atomic E-state index is -4.45. The van der Waals surface area contributed by atoms with Crippen LogP contribution in [-0.2, 0) is 10.9 Å². The molecule has 5 nitrogen and oxygen atoms in total. The van der Waals surface area contributed by atoms with Crippen LogP contribution >= 0.6 is 11.3 Å². The molecule has 0 aliphatic carbocycles. The first-order chi connectivity index (χ1) is 14.3. The van der Waals surface area contributed by atoms with E-state index < -0.39 is 17.6 Å². The van der Waals surface area contributed by atoms with Gasteiger partial charge in [-0.3, -0.25) is 4.79 Å². The lowest BCUT2D eigenvalue weighted by atomic mass is 10.1. The number of thiazole rings is 1. The molecule has 0 unspecified atom stereocenters. The van der Waals surface area contributed by atoms with E-state index in [1.807, 2.05) is 13.0 Å². The van der Waals surface area contributed by atoms with Gasteiger partial charge in [-0.15, -0.1) is 11.3 Å². The van der Waals surface area contributed by atoms with E-state index in [4.69, 9.17) is 9.47 Å². The van der Waals surface area contributed by atoms with E-state index >= 15 is 0 Å². The fourth-order valence-electron chi connectivity index (χ4n) is 2.61. The third-order valence-corrected chi connectivity index (χ3v) is 5.00. The zero-order chi connectivity index (χ0) is 21.7.